The van der Waals surface area contributed by atoms with Gasteiger partial charge in [-0.2, -0.15) is 0 Å². The second-order valence-corrected chi connectivity index (χ2v) is 8.06. The monoisotopic (exact) mass is 367 g/mol. The Labute approximate surface area is 159 Å². The Morgan fingerprint density at radius 1 is 1.19 bits per heavy atom. The number of carboxylic acid groups (broad SMARTS) is 1. The Kier molecular flexibility index (Phi) is 5.00. The van der Waals surface area contributed by atoms with Crippen molar-refractivity contribution in [2.45, 2.75) is 40.0 Å². The van der Waals surface area contributed by atoms with Gasteiger partial charge >= 0.3 is 5.97 Å². The van der Waals surface area contributed by atoms with Gasteiger partial charge in [-0.1, -0.05) is 39.0 Å². The molecule has 142 valence electrons. The Hall–Kier alpha value is -2.76. The summed E-state index contributed by atoms with van der Waals surface area (Å²) < 4.78 is 0. The third kappa shape index (κ3) is 3.99. The van der Waals surface area contributed by atoms with E-state index in [1.54, 1.807) is 24.3 Å². The summed E-state index contributed by atoms with van der Waals surface area (Å²) in [6.45, 7) is 8.94. The molecule has 2 heterocycles. The van der Waals surface area contributed by atoms with Crippen LogP contribution in [0.25, 0.3) is 11.3 Å². The van der Waals surface area contributed by atoms with Gasteiger partial charge in [-0.05, 0) is 25.5 Å². The van der Waals surface area contributed by atoms with E-state index in [0.717, 1.165) is 12.1 Å². The zero-order valence-electron chi connectivity index (χ0n) is 16.2. The minimum Gasteiger partial charge on any atom is -0.478 e. The number of carboxylic acids is 1. The van der Waals surface area contributed by atoms with Gasteiger partial charge in [-0.15, -0.1) is 0 Å². The molecule has 1 unspecified atom stereocenters. The van der Waals surface area contributed by atoms with Crippen molar-refractivity contribution in [3.05, 3.63) is 47.4 Å². The van der Waals surface area contributed by atoms with Crippen LogP contribution in [-0.2, 0) is 4.79 Å². The van der Waals surface area contributed by atoms with E-state index in [2.05, 4.69) is 9.97 Å². The summed E-state index contributed by atoms with van der Waals surface area (Å²) in [5, 5.41) is 9.46. The topological polar surface area (TPSA) is 83.4 Å². The van der Waals surface area contributed by atoms with Crippen molar-refractivity contribution in [1.29, 1.82) is 0 Å². The van der Waals surface area contributed by atoms with Crippen LogP contribution in [0.1, 0.15) is 55.0 Å². The molecule has 3 rings (SSSR count). The molecule has 1 aromatic carbocycles. The fourth-order valence-corrected chi connectivity index (χ4v) is 3.49. The molecule has 27 heavy (non-hydrogen) atoms. The van der Waals surface area contributed by atoms with Gasteiger partial charge in [0.05, 0.1) is 11.3 Å². The Morgan fingerprint density at radius 3 is 2.56 bits per heavy atom. The number of aryl methyl sites for hydroxylation is 1. The van der Waals surface area contributed by atoms with Gasteiger partial charge < -0.3 is 10.0 Å². The van der Waals surface area contributed by atoms with E-state index >= 15 is 0 Å². The van der Waals surface area contributed by atoms with E-state index in [1.807, 2.05) is 38.7 Å². The van der Waals surface area contributed by atoms with Gasteiger partial charge in [-0.3, -0.25) is 4.79 Å². The summed E-state index contributed by atoms with van der Waals surface area (Å²) in [5.74, 6) is -0.101. The lowest BCUT2D eigenvalue weighted by atomic mass is 9.95. The summed E-state index contributed by atoms with van der Waals surface area (Å²) in [7, 11) is 0. The molecule has 1 amide bonds. The first-order valence-electron chi connectivity index (χ1n) is 9.14. The highest BCUT2D eigenvalue weighted by Gasteiger charge is 2.34. The van der Waals surface area contributed by atoms with Crippen molar-refractivity contribution in [3.63, 3.8) is 0 Å². The fourth-order valence-electron chi connectivity index (χ4n) is 3.49. The predicted molar refractivity (Wildman–Crippen MR) is 103 cm³/mol. The van der Waals surface area contributed by atoms with Crippen molar-refractivity contribution in [1.82, 2.24) is 14.9 Å². The molecular formula is C21H25N3O3. The number of carbonyl (C=O) groups is 2. The highest BCUT2D eigenvalue weighted by Crippen LogP contribution is 2.31. The molecule has 1 N–H and O–H groups in total. The molecule has 1 aliphatic rings. The van der Waals surface area contributed by atoms with Crippen LogP contribution in [0.3, 0.4) is 0 Å². The number of aromatic carboxylic acids is 1. The number of aromatic nitrogens is 2. The second kappa shape index (κ2) is 7.10. The van der Waals surface area contributed by atoms with Crippen LogP contribution in [0.15, 0.2) is 30.3 Å². The smallest absolute Gasteiger partial charge is 0.336 e. The predicted octanol–water partition coefficient (Wildman–Crippen LogP) is 3.51. The van der Waals surface area contributed by atoms with Gasteiger partial charge in [0.2, 0.25) is 5.91 Å². The maximum Gasteiger partial charge on any atom is 0.336 e. The van der Waals surface area contributed by atoms with E-state index in [-0.39, 0.29) is 17.4 Å². The normalized spacial score (nSPS) is 17.2. The van der Waals surface area contributed by atoms with Crippen molar-refractivity contribution >= 4 is 11.9 Å². The number of amides is 1. The summed E-state index contributed by atoms with van der Waals surface area (Å²) >= 11 is 0. The lowest BCUT2D eigenvalue weighted by molar-refractivity contribution is -0.138. The van der Waals surface area contributed by atoms with Crippen LogP contribution in [0.2, 0.25) is 0 Å². The number of hydrogen-bond acceptors (Lipinski definition) is 4. The lowest BCUT2D eigenvalue weighted by Gasteiger charge is -2.25. The van der Waals surface area contributed by atoms with Crippen molar-refractivity contribution in [3.8, 4) is 11.3 Å². The summed E-state index contributed by atoms with van der Waals surface area (Å²) in [6.07, 6.45) is 0.846. The molecular weight excluding hydrogens is 342 g/mol. The highest BCUT2D eigenvalue weighted by atomic mass is 16.4. The largest absolute Gasteiger partial charge is 0.478 e. The number of hydrogen-bond donors (Lipinski definition) is 1. The zero-order valence-corrected chi connectivity index (χ0v) is 16.2. The summed E-state index contributed by atoms with van der Waals surface area (Å²) in [4.78, 5) is 35.0. The number of nitrogens with zero attached hydrogens (tertiary/aromatic N) is 3. The van der Waals surface area contributed by atoms with Gasteiger partial charge in [0, 0.05) is 35.7 Å². The van der Waals surface area contributed by atoms with Gasteiger partial charge in [0.15, 0.2) is 0 Å². The van der Waals surface area contributed by atoms with Crippen molar-refractivity contribution < 1.29 is 14.7 Å². The van der Waals surface area contributed by atoms with Crippen molar-refractivity contribution in [2.75, 3.05) is 13.1 Å². The Morgan fingerprint density at radius 2 is 1.89 bits per heavy atom. The van der Waals surface area contributed by atoms with E-state index < -0.39 is 11.4 Å². The molecule has 1 atom stereocenters. The van der Waals surface area contributed by atoms with Gasteiger partial charge in [0.25, 0.3) is 0 Å². The van der Waals surface area contributed by atoms with Gasteiger partial charge in [-0.25, -0.2) is 14.8 Å². The zero-order chi connectivity index (χ0) is 19.8. The third-order valence-corrected chi connectivity index (χ3v) is 4.83. The molecule has 6 nitrogen and oxygen atoms in total. The minimum absolute atomic E-state index is 0.133. The van der Waals surface area contributed by atoms with Crippen LogP contribution in [0.5, 0.6) is 0 Å². The van der Waals surface area contributed by atoms with Crippen LogP contribution >= 0.6 is 0 Å². The van der Waals surface area contributed by atoms with Crippen LogP contribution in [0.4, 0.5) is 0 Å². The average Bonchev–Trinajstić information content (AvgIpc) is 3.09. The number of rotatable bonds is 3. The first-order valence-corrected chi connectivity index (χ1v) is 9.14. The van der Waals surface area contributed by atoms with Gasteiger partial charge in [0.1, 0.15) is 5.82 Å². The quantitative estimate of drug-likeness (QED) is 0.897. The third-order valence-electron chi connectivity index (χ3n) is 4.83. The molecule has 0 spiro atoms. The summed E-state index contributed by atoms with van der Waals surface area (Å²) in [5.41, 5.74) is 1.87. The molecule has 1 aliphatic heterocycles. The summed E-state index contributed by atoms with van der Waals surface area (Å²) in [6, 6.07) is 8.71. The fraction of sp³-hybridized carbons (Fsp3) is 0.429. The standard InChI is InChI=1S/C21H25N3O3/c1-13-22-17(14-9-10-24(12-14)20(27)21(2,3)4)11-18(23-13)15-7-5-6-8-16(15)19(25)26/h5-8,11,14H,9-10,12H2,1-4H3,(H,25,26). The number of benzene rings is 1. The van der Waals surface area contributed by atoms with Crippen LogP contribution < -0.4 is 0 Å². The maximum atomic E-state index is 12.5. The average molecular weight is 367 g/mol. The lowest BCUT2D eigenvalue weighted by Crippen LogP contribution is -2.37. The molecule has 0 aliphatic carbocycles. The van der Waals surface area contributed by atoms with Crippen molar-refractivity contribution in [2.24, 2.45) is 5.41 Å². The first-order chi connectivity index (χ1) is 12.7. The Balaban J connectivity index is 1.92. The minimum atomic E-state index is -0.980. The van der Waals surface area contributed by atoms with E-state index in [1.165, 1.54) is 0 Å². The molecule has 1 fully saturated rings. The second-order valence-electron chi connectivity index (χ2n) is 8.06. The number of carbonyl (C=O) groups excluding carboxylic acids is 1. The number of likely N-dealkylation sites (tertiary alicyclic amines) is 1. The van der Waals surface area contributed by atoms with Crippen LogP contribution in [0, 0.1) is 12.3 Å². The van der Waals surface area contributed by atoms with E-state index in [4.69, 9.17) is 0 Å². The van der Waals surface area contributed by atoms with E-state index in [0.29, 0.717) is 30.2 Å². The molecule has 1 aromatic heterocycles. The molecule has 0 saturated carbocycles. The molecule has 0 radical (unpaired) electrons. The highest BCUT2D eigenvalue weighted by molar-refractivity contribution is 5.95. The van der Waals surface area contributed by atoms with Crippen LogP contribution in [-0.4, -0.2) is 44.9 Å². The molecule has 1 saturated heterocycles. The van der Waals surface area contributed by atoms with E-state index in [9.17, 15) is 14.7 Å². The SMILES string of the molecule is Cc1nc(-c2ccccc2C(=O)O)cc(C2CCN(C(=O)C(C)(C)C)C2)n1. The molecule has 2 aromatic rings. The molecule has 0 bridgehead atoms. The first kappa shape index (κ1) is 19.0. The maximum absolute atomic E-state index is 12.5. The molecule has 6 heteroatoms. The Bertz CT molecular complexity index is 886.